The highest BCUT2D eigenvalue weighted by molar-refractivity contribution is 7.09. The largest absolute Gasteiger partial charge is 0.487 e. The van der Waals surface area contributed by atoms with Gasteiger partial charge in [0.25, 0.3) is 5.91 Å². The van der Waals surface area contributed by atoms with Gasteiger partial charge in [0.15, 0.2) is 5.69 Å². The molecule has 0 spiro atoms. The molecule has 0 saturated heterocycles. The summed E-state index contributed by atoms with van der Waals surface area (Å²) in [5.41, 5.74) is 2.67. The first kappa shape index (κ1) is 17.1. The standard InChI is InChI=1S/C17H17FN4O2S/c1-11(16-8-19-10-25-16)22(2)17(23)15-7-13(20-21-15)9-24-14-5-3-4-12(18)6-14/h3-8,10-11H,9H2,1-2H3,(H,20,21)/t11-/m0/s1. The zero-order valence-electron chi connectivity index (χ0n) is 13.8. The van der Waals surface area contributed by atoms with Crippen molar-refractivity contribution in [2.24, 2.45) is 0 Å². The van der Waals surface area contributed by atoms with Gasteiger partial charge in [-0.05, 0) is 25.1 Å². The lowest BCUT2D eigenvalue weighted by atomic mass is 10.2. The van der Waals surface area contributed by atoms with Crippen LogP contribution in [0.4, 0.5) is 4.39 Å². The number of benzene rings is 1. The summed E-state index contributed by atoms with van der Waals surface area (Å²) in [6.45, 7) is 2.10. The number of halogens is 1. The maximum atomic E-state index is 13.1. The normalized spacial score (nSPS) is 12.0. The summed E-state index contributed by atoms with van der Waals surface area (Å²) in [6.07, 6.45) is 1.75. The van der Waals surface area contributed by atoms with Crippen molar-refractivity contribution in [1.29, 1.82) is 0 Å². The average molecular weight is 360 g/mol. The Labute approximate surface area is 148 Å². The highest BCUT2D eigenvalue weighted by Gasteiger charge is 2.22. The van der Waals surface area contributed by atoms with Gasteiger partial charge in [0.2, 0.25) is 0 Å². The first-order valence-electron chi connectivity index (χ1n) is 7.63. The number of carbonyl (C=O) groups excluding carboxylic acids is 1. The summed E-state index contributed by atoms with van der Waals surface area (Å²) >= 11 is 1.50. The molecular weight excluding hydrogens is 343 g/mol. The van der Waals surface area contributed by atoms with Gasteiger partial charge < -0.3 is 9.64 Å². The van der Waals surface area contributed by atoms with Crippen LogP contribution in [0.2, 0.25) is 0 Å². The van der Waals surface area contributed by atoms with Gasteiger partial charge in [-0.25, -0.2) is 4.39 Å². The first-order chi connectivity index (χ1) is 12.0. The lowest BCUT2D eigenvalue weighted by Crippen LogP contribution is -2.29. The smallest absolute Gasteiger partial charge is 0.274 e. The summed E-state index contributed by atoms with van der Waals surface area (Å²) in [4.78, 5) is 19.2. The summed E-state index contributed by atoms with van der Waals surface area (Å²) in [5, 5.41) is 6.82. The molecule has 0 fully saturated rings. The molecular formula is C17H17FN4O2S. The second-order valence-corrected chi connectivity index (χ2v) is 6.44. The Morgan fingerprint density at radius 3 is 3.00 bits per heavy atom. The zero-order chi connectivity index (χ0) is 17.8. The molecule has 130 valence electrons. The Bertz CT molecular complexity index is 850. The van der Waals surface area contributed by atoms with Crippen molar-refractivity contribution in [2.45, 2.75) is 19.6 Å². The molecule has 25 heavy (non-hydrogen) atoms. The first-order valence-corrected chi connectivity index (χ1v) is 8.50. The molecule has 0 radical (unpaired) electrons. The molecule has 6 nitrogen and oxygen atoms in total. The van der Waals surface area contributed by atoms with Crippen LogP contribution in [0, 0.1) is 5.82 Å². The number of carbonyl (C=O) groups is 1. The number of H-pyrrole nitrogens is 1. The lowest BCUT2D eigenvalue weighted by Gasteiger charge is -2.22. The van der Waals surface area contributed by atoms with Crippen LogP contribution in [0.25, 0.3) is 0 Å². The Morgan fingerprint density at radius 1 is 1.44 bits per heavy atom. The number of hydrogen-bond acceptors (Lipinski definition) is 5. The quantitative estimate of drug-likeness (QED) is 0.731. The van der Waals surface area contributed by atoms with Gasteiger partial charge in [-0.15, -0.1) is 11.3 Å². The number of nitrogens with zero attached hydrogens (tertiary/aromatic N) is 3. The highest BCUT2D eigenvalue weighted by Crippen LogP contribution is 2.23. The van der Waals surface area contributed by atoms with Crippen LogP contribution in [0.5, 0.6) is 5.75 Å². The number of aromatic amines is 1. The summed E-state index contributed by atoms with van der Waals surface area (Å²) in [5.74, 6) is -0.149. The molecule has 0 aliphatic heterocycles. The van der Waals surface area contributed by atoms with Gasteiger partial charge in [0, 0.05) is 24.2 Å². The summed E-state index contributed by atoms with van der Waals surface area (Å²) in [6, 6.07) is 7.42. The van der Waals surface area contributed by atoms with Gasteiger partial charge in [0.1, 0.15) is 18.2 Å². The van der Waals surface area contributed by atoms with Crippen molar-refractivity contribution >= 4 is 17.2 Å². The minimum absolute atomic E-state index is 0.0938. The van der Waals surface area contributed by atoms with Crippen LogP contribution in [0.15, 0.2) is 42.0 Å². The number of hydrogen-bond donors (Lipinski definition) is 1. The Morgan fingerprint density at radius 2 is 2.28 bits per heavy atom. The van der Waals surface area contributed by atoms with E-state index in [1.165, 1.54) is 23.5 Å². The Kier molecular flexibility index (Phi) is 5.08. The molecule has 3 aromatic rings. The van der Waals surface area contributed by atoms with Gasteiger partial charge in [-0.1, -0.05) is 6.07 Å². The molecule has 2 aromatic heterocycles. The lowest BCUT2D eigenvalue weighted by molar-refractivity contribution is 0.0739. The van der Waals surface area contributed by atoms with Crippen molar-refractivity contribution in [3.8, 4) is 5.75 Å². The van der Waals surface area contributed by atoms with E-state index in [1.807, 2.05) is 6.92 Å². The predicted molar refractivity (Wildman–Crippen MR) is 91.9 cm³/mol. The number of ether oxygens (including phenoxy) is 1. The van der Waals surface area contributed by atoms with Crippen LogP contribution >= 0.6 is 11.3 Å². The van der Waals surface area contributed by atoms with E-state index in [-0.39, 0.29) is 24.4 Å². The van der Waals surface area contributed by atoms with E-state index in [4.69, 9.17) is 4.74 Å². The average Bonchev–Trinajstić information content (AvgIpc) is 3.30. The zero-order valence-corrected chi connectivity index (χ0v) is 14.6. The topological polar surface area (TPSA) is 71.1 Å². The highest BCUT2D eigenvalue weighted by atomic mass is 32.1. The van der Waals surface area contributed by atoms with Crippen molar-refractivity contribution in [2.75, 3.05) is 7.05 Å². The van der Waals surface area contributed by atoms with E-state index in [0.29, 0.717) is 17.1 Å². The van der Waals surface area contributed by atoms with E-state index < -0.39 is 0 Å². The maximum absolute atomic E-state index is 13.1. The van der Waals surface area contributed by atoms with E-state index in [2.05, 4.69) is 15.2 Å². The summed E-state index contributed by atoms with van der Waals surface area (Å²) in [7, 11) is 1.73. The molecule has 1 amide bonds. The third kappa shape index (κ3) is 4.03. The second-order valence-electron chi connectivity index (χ2n) is 5.52. The minimum Gasteiger partial charge on any atom is -0.487 e. The fourth-order valence-corrected chi connectivity index (χ4v) is 2.96. The molecule has 2 heterocycles. The predicted octanol–water partition coefficient (Wildman–Crippen LogP) is 3.42. The molecule has 0 aliphatic rings. The monoisotopic (exact) mass is 360 g/mol. The molecule has 1 atom stereocenters. The van der Waals surface area contributed by atoms with Crippen molar-refractivity contribution in [3.63, 3.8) is 0 Å². The van der Waals surface area contributed by atoms with E-state index in [1.54, 1.807) is 41.9 Å². The van der Waals surface area contributed by atoms with Gasteiger partial charge in [0.05, 0.1) is 17.2 Å². The van der Waals surface area contributed by atoms with Crippen LogP contribution < -0.4 is 4.74 Å². The number of amides is 1. The third-order valence-corrected chi connectivity index (χ3v) is 4.75. The minimum atomic E-state index is -0.364. The van der Waals surface area contributed by atoms with Crippen LogP contribution in [-0.2, 0) is 6.61 Å². The molecule has 1 aromatic carbocycles. The molecule has 0 saturated carbocycles. The molecule has 0 unspecified atom stereocenters. The van der Waals surface area contributed by atoms with Gasteiger partial charge in [-0.3, -0.25) is 14.9 Å². The van der Waals surface area contributed by atoms with Crippen LogP contribution in [0.1, 0.15) is 34.0 Å². The second kappa shape index (κ2) is 7.43. The maximum Gasteiger partial charge on any atom is 0.274 e. The fraction of sp³-hybridized carbons (Fsp3) is 0.235. The SMILES string of the molecule is C[C@@H](c1cncs1)N(C)C(=O)c1cc(COc2cccc(F)c2)[nH]n1. The third-order valence-electron chi connectivity index (χ3n) is 3.80. The van der Waals surface area contributed by atoms with Gasteiger partial charge in [-0.2, -0.15) is 5.10 Å². The number of rotatable bonds is 6. The molecule has 1 N–H and O–H groups in total. The van der Waals surface area contributed by atoms with E-state index >= 15 is 0 Å². The van der Waals surface area contributed by atoms with Crippen molar-refractivity contribution < 1.29 is 13.9 Å². The van der Waals surface area contributed by atoms with E-state index in [9.17, 15) is 9.18 Å². The summed E-state index contributed by atoms with van der Waals surface area (Å²) < 4.78 is 18.6. The molecule has 0 aliphatic carbocycles. The molecule has 0 bridgehead atoms. The van der Waals surface area contributed by atoms with Crippen LogP contribution in [-0.4, -0.2) is 33.0 Å². The number of aromatic nitrogens is 3. The van der Waals surface area contributed by atoms with Crippen molar-refractivity contribution in [1.82, 2.24) is 20.1 Å². The molecule has 3 rings (SSSR count). The molecule has 8 heteroatoms. The number of nitrogens with one attached hydrogen (secondary N) is 1. The van der Waals surface area contributed by atoms with E-state index in [0.717, 1.165) is 4.88 Å². The Hall–Kier alpha value is -2.74. The fourth-order valence-electron chi connectivity index (χ4n) is 2.24. The Balaban J connectivity index is 1.63. The van der Waals surface area contributed by atoms with Gasteiger partial charge >= 0.3 is 0 Å². The number of thiazole rings is 1. The van der Waals surface area contributed by atoms with Crippen LogP contribution in [0.3, 0.4) is 0 Å². The van der Waals surface area contributed by atoms with Crippen molar-refractivity contribution in [3.05, 3.63) is 64.1 Å².